The van der Waals surface area contributed by atoms with Crippen LogP contribution in [0.15, 0.2) is 59.4 Å². The molecule has 7 heteroatoms. The lowest BCUT2D eigenvalue weighted by Gasteiger charge is -2.14. The highest BCUT2D eigenvalue weighted by Gasteiger charge is 2.13. The zero-order chi connectivity index (χ0) is 19.2. The summed E-state index contributed by atoms with van der Waals surface area (Å²) in [7, 11) is 1.56. The number of H-pyrrole nitrogens is 1. The van der Waals surface area contributed by atoms with Crippen molar-refractivity contribution < 1.29 is 19.4 Å². The van der Waals surface area contributed by atoms with E-state index in [0.717, 1.165) is 0 Å². The topological polar surface area (TPSA) is 101 Å². The molecule has 0 fully saturated rings. The molecule has 2 aromatic carbocycles. The summed E-state index contributed by atoms with van der Waals surface area (Å²) in [6.45, 7) is -0.00645. The van der Waals surface area contributed by atoms with Crippen LogP contribution in [-0.2, 0) is 0 Å². The number of pyridine rings is 1. The van der Waals surface area contributed by atoms with E-state index in [4.69, 9.17) is 9.47 Å². The number of benzene rings is 2. The fourth-order valence-corrected chi connectivity index (χ4v) is 2.64. The first-order chi connectivity index (χ1) is 13.1. The van der Waals surface area contributed by atoms with Crippen LogP contribution in [0.1, 0.15) is 10.4 Å². The van der Waals surface area contributed by atoms with E-state index in [1.807, 2.05) is 0 Å². The van der Waals surface area contributed by atoms with Gasteiger partial charge in [0.2, 0.25) is 5.56 Å². The number of fused-ring (bicyclic) bond motifs is 1. The van der Waals surface area contributed by atoms with E-state index in [2.05, 4.69) is 10.3 Å². The average Bonchev–Trinajstić information content (AvgIpc) is 2.69. The van der Waals surface area contributed by atoms with Gasteiger partial charge >= 0.3 is 0 Å². The molecule has 0 saturated heterocycles. The van der Waals surface area contributed by atoms with Crippen LogP contribution in [0.25, 0.3) is 10.9 Å². The summed E-state index contributed by atoms with van der Waals surface area (Å²) in [6.07, 6.45) is -0.909. The number of carbonyl (C=O) groups is 1. The zero-order valence-electron chi connectivity index (χ0n) is 14.8. The number of aromatic amines is 1. The Balaban J connectivity index is 1.59. The number of nitrogens with one attached hydrogen (secondary N) is 2. The lowest BCUT2D eigenvalue weighted by atomic mass is 10.1. The number of para-hydroxylation sites is 1. The highest BCUT2D eigenvalue weighted by Crippen LogP contribution is 2.19. The summed E-state index contributed by atoms with van der Waals surface area (Å²) < 4.78 is 10.6. The summed E-state index contributed by atoms with van der Waals surface area (Å²) in [4.78, 5) is 26.9. The normalized spacial score (nSPS) is 11.8. The first-order valence-corrected chi connectivity index (χ1v) is 8.42. The highest BCUT2D eigenvalue weighted by molar-refractivity contribution is 6.05. The number of amides is 1. The van der Waals surface area contributed by atoms with Crippen LogP contribution >= 0.6 is 0 Å². The van der Waals surface area contributed by atoms with Gasteiger partial charge in [0.1, 0.15) is 24.2 Å². The predicted molar refractivity (Wildman–Crippen MR) is 101 cm³/mol. The molecule has 0 aliphatic rings. The summed E-state index contributed by atoms with van der Waals surface area (Å²) in [5.74, 6) is 0.773. The molecule has 3 rings (SSSR count). The lowest BCUT2D eigenvalue weighted by molar-refractivity contribution is 0.0844. The Morgan fingerprint density at radius 1 is 1.15 bits per heavy atom. The van der Waals surface area contributed by atoms with Crippen molar-refractivity contribution in [1.29, 1.82) is 0 Å². The first kappa shape index (κ1) is 18.5. The number of aliphatic hydroxyl groups is 1. The molecule has 7 nitrogen and oxygen atoms in total. The van der Waals surface area contributed by atoms with E-state index in [1.165, 1.54) is 6.07 Å². The van der Waals surface area contributed by atoms with Gasteiger partial charge in [0.15, 0.2) is 0 Å². The Morgan fingerprint density at radius 3 is 2.74 bits per heavy atom. The summed E-state index contributed by atoms with van der Waals surface area (Å²) in [5.41, 5.74) is 0.480. The van der Waals surface area contributed by atoms with Gasteiger partial charge in [-0.25, -0.2) is 0 Å². The number of hydrogen-bond acceptors (Lipinski definition) is 5. The zero-order valence-corrected chi connectivity index (χ0v) is 14.8. The van der Waals surface area contributed by atoms with Gasteiger partial charge in [0.05, 0.1) is 12.7 Å². The third-order valence-corrected chi connectivity index (χ3v) is 3.98. The summed E-state index contributed by atoms with van der Waals surface area (Å²) >= 11 is 0. The van der Waals surface area contributed by atoms with Crippen molar-refractivity contribution in [2.45, 2.75) is 6.10 Å². The van der Waals surface area contributed by atoms with Crippen molar-refractivity contribution in [2.75, 3.05) is 20.3 Å². The molecule has 1 atom stereocenters. The standard InChI is InChI=1S/C20H20N2O5/c1-26-14-5-4-6-15(9-14)27-12-13(23)11-21-20(25)17-10-19(24)22-18-8-3-2-7-16(17)18/h2-10,13,23H,11-12H2,1H3,(H,21,25)(H,22,24)/t13-/m1/s1. The molecule has 27 heavy (non-hydrogen) atoms. The van der Waals surface area contributed by atoms with Gasteiger partial charge in [-0.2, -0.15) is 0 Å². The van der Waals surface area contributed by atoms with Gasteiger partial charge < -0.3 is 24.9 Å². The smallest absolute Gasteiger partial charge is 0.252 e. The van der Waals surface area contributed by atoms with E-state index < -0.39 is 12.0 Å². The number of aromatic nitrogens is 1. The Hall–Kier alpha value is -3.32. The molecule has 0 aliphatic carbocycles. The van der Waals surface area contributed by atoms with Crippen LogP contribution in [-0.4, -0.2) is 42.4 Å². The molecule has 0 saturated carbocycles. The van der Waals surface area contributed by atoms with Crippen molar-refractivity contribution in [3.05, 3.63) is 70.5 Å². The maximum absolute atomic E-state index is 12.4. The van der Waals surface area contributed by atoms with Crippen molar-refractivity contribution in [3.8, 4) is 11.5 Å². The number of aliphatic hydroxyl groups excluding tert-OH is 1. The van der Waals surface area contributed by atoms with Crippen molar-refractivity contribution in [2.24, 2.45) is 0 Å². The van der Waals surface area contributed by atoms with E-state index in [0.29, 0.717) is 22.4 Å². The number of hydrogen-bond donors (Lipinski definition) is 3. The number of ether oxygens (including phenoxy) is 2. The van der Waals surface area contributed by atoms with E-state index in [9.17, 15) is 14.7 Å². The van der Waals surface area contributed by atoms with E-state index >= 15 is 0 Å². The van der Waals surface area contributed by atoms with Gasteiger partial charge in [-0.05, 0) is 18.2 Å². The number of methoxy groups -OCH3 is 1. The van der Waals surface area contributed by atoms with Gasteiger partial charge in [-0.15, -0.1) is 0 Å². The Morgan fingerprint density at radius 2 is 1.93 bits per heavy atom. The molecule has 0 spiro atoms. The SMILES string of the molecule is COc1cccc(OC[C@H](O)CNC(=O)c2cc(=O)[nH]c3ccccc23)c1. The fourth-order valence-electron chi connectivity index (χ4n) is 2.64. The quantitative estimate of drug-likeness (QED) is 0.589. The molecule has 3 aromatic rings. The molecule has 0 bridgehead atoms. The van der Waals surface area contributed by atoms with Crippen LogP contribution in [0, 0.1) is 0 Å². The third kappa shape index (κ3) is 4.65. The summed E-state index contributed by atoms with van der Waals surface area (Å²) in [5, 5.41) is 13.3. The second-order valence-electron chi connectivity index (χ2n) is 5.95. The molecule has 1 heterocycles. The van der Waals surface area contributed by atoms with Gasteiger partial charge in [-0.3, -0.25) is 9.59 Å². The Bertz CT molecular complexity index is 999. The Kier molecular flexibility index (Phi) is 5.73. The molecular formula is C20H20N2O5. The molecule has 0 unspecified atom stereocenters. The minimum atomic E-state index is -0.909. The van der Waals surface area contributed by atoms with Crippen molar-refractivity contribution in [1.82, 2.24) is 10.3 Å². The number of carbonyl (C=O) groups excluding carboxylic acids is 1. The van der Waals surface area contributed by atoms with Crippen LogP contribution in [0.4, 0.5) is 0 Å². The summed E-state index contributed by atoms with van der Waals surface area (Å²) in [6, 6.07) is 15.3. The second-order valence-corrected chi connectivity index (χ2v) is 5.95. The minimum absolute atomic E-state index is 0.00354. The van der Waals surface area contributed by atoms with E-state index in [1.54, 1.807) is 55.6 Å². The predicted octanol–water partition coefficient (Wildman–Crippen LogP) is 1.71. The lowest BCUT2D eigenvalue weighted by Crippen LogP contribution is -2.35. The first-order valence-electron chi connectivity index (χ1n) is 8.42. The van der Waals surface area contributed by atoms with Gasteiger partial charge in [0, 0.05) is 29.6 Å². The molecule has 1 aromatic heterocycles. The van der Waals surface area contributed by atoms with Crippen LogP contribution in [0.3, 0.4) is 0 Å². The second kappa shape index (κ2) is 8.37. The Labute approximate surface area is 155 Å². The molecule has 0 radical (unpaired) electrons. The van der Waals surface area contributed by atoms with Crippen molar-refractivity contribution >= 4 is 16.8 Å². The molecule has 0 aliphatic heterocycles. The van der Waals surface area contributed by atoms with Gasteiger partial charge in [-0.1, -0.05) is 24.3 Å². The van der Waals surface area contributed by atoms with Crippen LogP contribution < -0.4 is 20.3 Å². The molecule has 3 N–H and O–H groups in total. The average molecular weight is 368 g/mol. The third-order valence-electron chi connectivity index (χ3n) is 3.98. The fraction of sp³-hybridized carbons (Fsp3) is 0.200. The largest absolute Gasteiger partial charge is 0.497 e. The molecular weight excluding hydrogens is 348 g/mol. The highest BCUT2D eigenvalue weighted by atomic mass is 16.5. The van der Waals surface area contributed by atoms with E-state index in [-0.39, 0.29) is 24.3 Å². The maximum atomic E-state index is 12.4. The minimum Gasteiger partial charge on any atom is -0.497 e. The van der Waals surface area contributed by atoms with Crippen LogP contribution in [0.5, 0.6) is 11.5 Å². The molecule has 1 amide bonds. The van der Waals surface area contributed by atoms with Crippen LogP contribution in [0.2, 0.25) is 0 Å². The molecule has 140 valence electrons. The number of rotatable bonds is 7. The monoisotopic (exact) mass is 368 g/mol. The maximum Gasteiger partial charge on any atom is 0.252 e. The van der Waals surface area contributed by atoms with Crippen molar-refractivity contribution in [3.63, 3.8) is 0 Å². The van der Waals surface area contributed by atoms with Gasteiger partial charge in [0.25, 0.3) is 5.91 Å².